The number of esters is 6. The van der Waals surface area contributed by atoms with E-state index in [2.05, 4.69) is 6.92 Å². The van der Waals surface area contributed by atoms with Gasteiger partial charge in [0.1, 0.15) is 11.5 Å². The maximum absolute atomic E-state index is 12.8. The number of hydrogen-bond acceptors (Lipinski definition) is 13. The zero-order valence-electron chi connectivity index (χ0n) is 35.2. The van der Waals surface area contributed by atoms with Crippen LogP contribution in [0.1, 0.15) is 121 Å². The van der Waals surface area contributed by atoms with Gasteiger partial charge in [0.25, 0.3) is 0 Å². The molecule has 0 fully saturated rings. The second-order valence-electron chi connectivity index (χ2n) is 14.4. The van der Waals surface area contributed by atoms with E-state index in [-0.39, 0.29) is 23.8 Å². The van der Waals surface area contributed by atoms with Gasteiger partial charge in [-0.25, -0.2) is 28.8 Å². The Labute approximate surface area is 347 Å². The van der Waals surface area contributed by atoms with Crippen molar-refractivity contribution in [2.45, 2.75) is 124 Å². The average Bonchev–Trinajstić information content (AvgIpc) is 3.23. The van der Waals surface area contributed by atoms with Crippen LogP contribution < -0.4 is 9.47 Å². The highest BCUT2D eigenvalue weighted by atomic mass is 16.6. The van der Waals surface area contributed by atoms with E-state index in [9.17, 15) is 28.8 Å². The third-order valence-electron chi connectivity index (χ3n) is 9.32. The van der Waals surface area contributed by atoms with Crippen molar-refractivity contribution < 1.29 is 61.9 Å². The number of carbonyl (C=O) groups is 6. The molecule has 0 spiro atoms. The Morgan fingerprint density at radius 1 is 0.475 bits per heavy atom. The van der Waals surface area contributed by atoms with Gasteiger partial charge in [-0.15, -0.1) is 0 Å². The van der Waals surface area contributed by atoms with Crippen molar-refractivity contribution in [3.05, 3.63) is 83.9 Å². The van der Waals surface area contributed by atoms with Crippen LogP contribution in [0.2, 0.25) is 0 Å². The van der Waals surface area contributed by atoms with Crippen molar-refractivity contribution in [3.8, 4) is 22.6 Å². The molecule has 320 valence electrons. The van der Waals surface area contributed by atoms with Crippen LogP contribution in [0.4, 0.5) is 0 Å². The fourth-order valence-electron chi connectivity index (χ4n) is 5.31. The molecule has 0 radical (unpaired) electrons. The van der Waals surface area contributed by atoms with Crippen LogP contribution in [0.5, 0.6) is 11.5 Å². The topological polar surface area (TPSA) is 167 Å². The van der Waals surface area contributed by atoms with Gasteiger partial charge < -0.3 is 33.2 Å². The predicted octanol–water partition coefficient (Wildman–Crippen LogP) is 8.63. The molecule has 0 N–H and O–H groups in total. The predicted molar refractivity (Wildman–Crippen MR) is 219 cm³/mol. The number of hydrogen-bond donors (Lipinski definition) is 0. The van der Waals surface area contributed by atoms with Gasteiger partial charge in [-0.05, 0) is 99.7 Å². The lowest BCUT2D eigenvalue weighted by atomic mass is 10.0. The van der Waals surface area contributed by atoms with E-state index >= 15 is 0 Å². The van der Waals surface area contributed by atoms with Crippen LogP contribution >= 0.6 is 0 Å². The Morgan fingerprint density at radius 2 is 0.898 bits per heavy atom. The number of ether oxygens (including phenoxy) is 7. The highest BCUT2D eigenvalue weighted by Crippen LogP contribution is 2.24. The number of carbonyl (C=O) groups excluding carboxylic acids is 6. The van der Waals surface area contributed by atoms with Crippen molar-refractivity contribution >= 4 is 35.8 Å². The van der Waals surface area contributed by atoms with Gasteiger partial charge in [0, 0.05) is 0 Å². The first-order valence-electron chi connectivity index (χ1n) is 20.4. The molecule has 3 aromatic rings. The van der Waals surface area contributed by atoms with Crippen LogP contribution in [-0.4, -0.2) is 73.4 Å². The second-order valence-corrected chi connectivity index (χ2v) is 14.4. The molecule has 5 unspecified atom stereocenters. The molecule has 0 aromatic heterocycles. The molecular formula is C46H58O13. The van der Waals surface area contributed by atoms with Gasteiger partial charge in [-0.1, -0.05) is 90.0 Å². The maximum atomic E-state index is 12.8. The summed E-state index contributed by atoms with van der Waals surface area (Å²) in [6.07, 6.45) is 3.85. The van der Waals surface area contributed by atoms with Crippen molar-refractivity contribution in [2.75, 3.05) is 13.2 Å². The molecule has 3 aromatic carbocycles. The van der Waals surface area contributed by atoms with Crippen LogP contribution in [0.15, 0.2) is 72.8 Å². The largest absolute Gasteiger partial charge is 0.494 e. The Morgan fingerprint density at radius 3 is 1.42 bits per heavy atom. The van der Waals surface area contributed by atoms with Crippen LogP contribution in [-0.2, 0) is 42.9 Å². The summed E-state index contributed by atoms with van der Waals surface area (Å²) in [6, 6.07) is 20.4. The first kappa shape index (κ1) is 47.7. The summed E-state index contributed by atoms with van der Waals surface area (Å²) < 4.78 is 36.8. The molecule has 13 nitrogen and oxygen atoms in total. The van der Waals surface area contributed by atoms with Gasteiger partial charge >= 0.3 is 35.8 Å². The Balaban J connectivity index is 1.41. The quantitative estimate of drug-likeness (QED) is 0.0365. The Kier molecular flexibility index (Phi) is 20.1. The number of rotatable bonds is 24. The third-order valence-corrected chi connectivity index (χ3v) is 9.32. The van der Waals surface area contributed by atoms with Gasteiger partial charge in [0.2, 0.25) is 0 Å². The first-order chi connectivity index (χ1) is 28.2. The van der Waals surface area contributed by atoms with Gasteiger partial charge in [0.15, 0.2) is 24.4 Å². The molecule has 0 saturated heterocycles. The van der Waals surface area contributed by atoms with E-state index in [1.165, 1.54) is 90.5 Å². The van der Waals surface area contributed by atoms with Gasteiger partial charge in [-0.3, -0.25) is 0 Å². The summed E-state index contributed by atoms with van der Waals surface area (Å²) in [7, 11) is 0. The fraction of sp³-hybridized carbons (Fsp3) is 0.478. The molecule has 0 aliphatic rings. The molecule has 3 rings (SSSR count). The zero-order chi connectivity index (χ0) is 43.3. The summed E-state index contributed by atoms with van der Waals surface area (Å²) in [5.74, 6) is -4.19. The molecule has 0 amide bonds. The summed E-state index contributed by atoms with van der Waals surface area (Å²) in [5.41, 5.74) is 2.28. The second kappa shape index (κ2) is 24.9. The minimum absolute atomic E-state index is 0.0563. The van der Waals surface area contributed by atoms with Crippen molar-refractivity contribution in [1.82, 2.24) is 0 Å². The normalized spacial score (nSPS) is 13.4. The van der Waals surface area contributed by atoms with E-state index in [1.54, 1.807) is 12.1 Å². The SMILES string of the molecule is CCCCCCCCCOc1ccc(-c2ccc(C(=O)Oc3ccc(C(=O)OC(C)C(=O)OC(C)C(=O)OC(C)C(=O)OC(C)C(=O)OCC(C)CC)cc3)cc2)cc1. The Hall–Kier alpha value is -5.72. The van der Waals surface area contributed by atoms with E-state index in [1.807, 2.05) is 50.2 Å². The molecule has 0 aliphatic carbocycles. The summed E-state index contributed by atoms with van der Waals surface area (Å²) in [4.78, 5) is 75.1. The molecule has 0 heterocycles. The molecule has 59 heavy (non-hydrogen) atoms. The molecule has 0 bridgehead atoms. The van der Waals surface area contributed by atoms with Crippen LogP contribution in [0.3, 0.4) is 0 Å². The molecule has 13 heteroatoms. The van der Waals surface area contributed by atoms with Crippen molar-refractivity contribution in [1.29, 1.82) is 0 Å². The van der Waals surface area contributed by atoms with Crippen LogP contribution in [0, 0.1) is 5.92 Å². The van der Waals surface area contributed by atoms with Crippen molar-refractivity contribution in [2.24, 2.45) is 5.92 Å². The van der Waals surface area contributed by atoms with Gasteiger partial charge in [0.05, 0.1) is 24.3 Å². The smallest absolute Gasteiger partial charge is 0.348 e. The lowest BCUT2D eigenvalue weighted by Crippen LogP contribution is -2.37. The highest BCUT2D eigenvalue weighted by Gasteiger charge is 2.30. The minimum Gasteiger partial charge on any atom is -0.494 e. The molecular weight excluding hydrogens is 760 g/mol. The summed E-state index contributed by atoms with van der Waals surface area (Å²) in [5, 5.41) is 0. The van der Waals surface area contributed by atoms with E-state index < -0.39 is 60.2 Å². The van der Waals surface area contributed by atoms with E-state index in [0.717, 1.165) is 29.7 Å². The third kappa shape index (κ3) is 16.6. The maximum Gasteiger partial charge on any atom is 0.348 e. The zero-order valence-corrected chi connectivity index (χ0v) is 35.2. The lowest BCUT2D eigenvalue weighted by Gasteiger charge is -2.20. The minimum atomic E-state index is -1.47. The van der Waals surface area contributed by atoms with Crippen molar-refractivity contribution in [3.63, 3.8) is 0 Å². The van der Waals surface area contributed by atoms with E-state index in [0.29, 0.717) is 12.2 Å². The fourth-order valence-corrected chi connectivity index (χ4v) is 5.31. The Bertz CT molecular complexity index is 1800. The average molecular weight is 819 g/mol. The lowest BCUT2D eigenvalue weighted by molar-refractivity contribution is -0.183. The van der Waals surface area contributed by atoms with E-state index in [4.69, 9.17) is 33.2 Å². The summed E-state index contributed by atoms with van der Waals surface area (Å²) >= 11 is 0. The standard InChI is InChI=1S/C46H58O13/c1-8-10-11-12-13-14-15-28-53-39-24-20-36(21-25-39)35-16-18-37(19-17-35)46(52)59-40-26-22-38(23-27-40)45(51)58-34(7)44(50)57-33(6)43(49)56-32(5)42(48)55-31(4)41(47)54-29-30(3)9-2/h16-27,30-34H,8-15,28-29H2,1-7H3. The molecule has 0 aliphatic heterocycles. The van der Waals surface area contributed by atoms with Crippen LogP contribution in [0.25, 0.3) is 11.1 Å². The monoisotopic (exact) mass is 818 g/mol. The number of benzene rings is 3. The highest BCUT2D eigenvalue weighted by molar-refractivity contribution is 5.93. The first-order valence-corrected chi connectivity index (χ1v) is 20.4. The molecule has 5 atom stereocenters. The number of unbranched alkanes of at least 4 members (excludes halogenated alkanes) is 6. The van der Waals surface area contributed by atoms with Gasteiger partial charge in [-0.2, -0.15) is 0 Å². The molecule has 0 saturated carbocycles. The summed E-state index contributed by atoms with van der Waals surface area (Å²) in [6.45, 7) is 12.0.